The quantitative estimate of drug-likeness (QED) is 0.408. The number of nitrogens with zero attached hydrogens (tertiary/aromatic N) is 3. The summed E-state index contributed by atoms with van der Waals surface area (Å²) in [4.78, 5) is 24.6. The molecule has 1 spiro atoms. The largest absolute Gasteiger partial charge is 0.394 e. The predicted octanol–water partition coefficient (Wildman–Crippen LogP) is 3.37. The molecule has 1 amide bonds. The molecule has 1 saturated carbocycles. The Balaban J connectivity index is 1.60. The van der Waals surface area contributed by atoms with E-state index in [1.165, 1.54) is 31.2 Å². The van der Waals surface area contributed by atoms with Crippen LogP contribution < -0.4 is 20.3 Å². The molecule has 0 radical (unpaired) electrons. The molecule has 10 nitrogen and oxygen atoms in total. The Morgan fingerprint density at radius 2 is 1.78 bits per heavy atom. The standard InChI is InChI=1S/C26H38N6O4S/c1-24(2,3)31-37(35,36)19-8-6-7-18(15-19)23(34)29-21-22(32-13-11-26(9-10-26)12-14-32)28-20(16-27-21)30-25(4,5)17-33/h6-8,15-16,31,33H,9-14,17H2,1-5H3,(H,28,30)(H,27,29,34). The number of sulfonamides is 1. The van der Waals surface area contributed by atoms with E-state index < -0.39 is 27.0 Å². The second-order valence-corrected chi connectivity index (χ2v) is 13.6. The van der Waals surface area contributed by atoms with Gasteiger partial charge in [-0.2, -0.15) is 0 Å². The van der Waals surface area contributed by atoms with Gasteiger partial charge in [-0.3, -0.25) is 4.79 Å². The van der Waals surface area contributed by atoms with E-state index in [1.807, 2.05) is 13.8 Å². The fourth-order valence-corrected chi connectivity index (χ4v) is 5.91. The van der Waals surface area contributed by atoms with Gasteiger partial charge in [-0.1, -0.05) is 6.07 Å². The molecule has 4 rings (SSSR count). The summed E-state index contributed by atoms with van der Waals surface area (Å²) in [6.07, 6.45) is 6.21. The number of aliphatic hydroxyl groups is 1. The highest BCUT2D eigenvalue weighted by Gasteiger charge is 2.45. The first-order valence-corrected chi connectivity index (χ1v) is 14.2. The van der Waals surface area contributed by atoms with Crippen LogP contribution in [0.3, 0.4) is 0 Å². The Bertz CT molecular complexity index is 1260. The fraction of sp³-hybridized carbons (Fsp3) is 0.577. The SMILES string of the molecule is CC(C)(C)NS(=O)(=O)c1cccc(C(=O)Nc2ncc(NC(C)(C)CO)nc2N2CCC3(CC2)CC3)c1. The van der Waals surface area contributed by atoms with E-state index in [1.54, 1.807) is 32.9 Å². The van der Waals surface area contributed by atoms with Crippen molar-refractivity contribution < 1.29 is 18.3 Å². The van der Waals surface area contributed by atoms with Crippen LogP contribution in [0, 0.1) is 5.41 Å². The number of aromatic nitrogens is 2. The first kappa shape index (κ1) is 27.3. The van der Waals surface area contributed by atoms with Gasteiger partial charge in [0, 0.05) is 24.2 Å². The third-order valence-corrected chi connectivity index (χ3v) is 8.53. The summed E-state index contributed by atoms with van der Waals surface area (Å²) >= 11 is 0. The summed E-state index contributed by atoms with van der Waals surface area (Å²) < 4.78 is 28.2. The first-order valence-electron chi connectivity index (χ1n) is 12.7. The van der Waals surface area contributed by atoms with Gasteiger partial charge in [-0.05, 0) is 83.9 Å². The van der Waals surface area contributed by atoms with Crippen molar-refractivity contribution in [3.63, 3.8) is 0 Å². The Kier molecular flexibility index (Phi) is 7.26. The lowest BCUT2D eigenvalue weighted by Gasteiger charge is -2.34. The van der Waals surface area contributed by atoms with Crippen LogP contribution in [0.4, 0.5) is 17.5 Å². The van der Waals surface area contributed by atoms with Gasteiger partial charge in [0.15, 0.2) is 11.6 Å². The van der Waals surface area contributed by atoms with Crippen molar-refractivity contribution in [1.29, 1.82) is 0 Å². The molecule has 0 unspecified atom stereocenters. The van der Waals surface area contributed by atoms with Crippen molar-refractivity contribution in [2.75, 3.05) is 35.2 Å². The average molecular weight is 531 g/mol. The Morgan fingerprint density at radius 3 is 2.38 bits per heavy atom. The minimum Gasteiger partial charge on any atom is -0.394 e. The molecule has 0 atom stereocenters. The van der Waals surface area contributed by atoms with Crippen LogP contribution in [0.15, 0.2) is 35.4 Å². The van der Waals surface area contributed by atoms with Gasteiger partial charge in [0.2, 0.25) is 10.0 Å². The van der Waals surface area contributed by atoms with Crippen molar-refractivity contribution in [3.8, 4) is 0 Å². The molecule has 37 heavy (non-hydrogen) atoms. The van der Waals surface area contributed by atoms with Crippen LogP contribution in [0.25, 0.3) is 0 Å². The summed E-state index contributed by atoms with van der Waals surface area (Å²) in [5.41, 5.74) is -0.586. The Morgan fingerprint density at radius 1 is 1.11 bits per heavy atom. The molecule has 2 heterocycles. The van der Waals surface area contributed by atoms with Gasteiger partial charge >= 0.3 is 0 Å². The number of hydrogen-bond acceptors (Lipinski definition) is 8. The number of amides is 1. The summed E-state index contributed by atoms with van der Waals surface area (Å²) in [5, 5.41) is 15.7. The Labute approximate surface area is 219 Å². The van der Waals surface area contributed by atoms with Crippen molar-refractivity contribution in [2.45, 2.75) is 76.3 Å². The highest BCUT2D eigenvalue weighted by atomic mass is 32.2. The number of anilines is 3. The summed E-state index contributed by atoms with van der Waals surface area (Å²) in [6, 6.07) is 5.92. The van der Waals surface area contributed by atoms with Crippen molar-refractivity contribution in [1.82, 2.24) is 14.7 Å². The molecule has 0 bridgehead atoms. The van der Waals surface area contributed by atoms with Crippen LogP contribution in [0.2, 0.25) is 0 Å². The number of nitrogens with one attached hydrogen (secondary N) is 3. The lowest BCUT2D eigenvalue weighted by Crippen LogP contribution is -2.40. The third-order valence-electron chi connectivity index (χ3n) is 6.78. The lowest BCUT2D eigenvalue weighted by atomic mass is 9.94. The number of carbonyl (C=O) groups excluding carboxylic acids is 1. The molecule has 1 aliphatic heterocycles. The van der Waals surface area contributed by atoms with E-state index in [9.17, 15) is 18.3 Å². The monoisotopic (exact) mass is 530 g/mol. The van der Waals surface area contributed by atoms with E-state index in [4.69, 9.17) is 4.98 Å². The van der Waals surface area contributed by atoms with E-state index in [2.05, 4.69) is 25.2 Å². The summed E-state index contributed by atoms with van der Waals surface area (Å²) in [7, 11) is -3.80. The zero-order valence-corrected chi connectivity index (χ0v) is 23.1. The molecule has 1 saturated heterocycles. The minimum absolute atomic E-state index is 0.0120. The average Bonchev–Trinajstić information content (AvgIpc) is 3.57. The second kappa shape index (κ2) is 9.85. The second-order valence-electron chi connectivity index (χ2n) is 11.9. The van der Waals surface area contributed by atoms with Gasteiger partial charge in [0.05, 0.1) is 23.2 Å². The van der Waals surface area contributed by atoms with E-state index in [0.717, 1.165) is 25.9 Å². The van der Waals surface area contributed by atoms with Crippen LogP contribution in [-0.2, 0) is 10.0 Å². The molecule has 202 valence electrons. The third kappa shape index (κ3) is 6.77. The van der Waals surface area contributed by atoms with Gasteiger partial charge in [-0.25, -0.2) is 23.1 Å². The highest BCUT2D eigenvalue weighted by molar-refractivity contribution is 7.89. The molecule has 2 aromatic rings. The topological polar surface area (TPSA) is 137 Å². The maximum absolute atomic E-state index is 13.2. The fourth-order valence-electron chi connectivity index (χ4n) is 4.45. The van der Waals surface area contributed by atoms with Crippen molar-refractivity contribution >= 4 is 33.4 Å². The number of piperidine rings is 1. The molecular formula is C26H38N6O4S. The highest BCUT2D eigenvalue weighted by Crippen LogP contribution is 2.54. The number of carbonyl (C=O) groups is 1. The molecule has 1 aromatic carbocycles. The van der Waals surface area contributed by atoms with Gasteiger partial charge < -0.3 is 20.6 Å². The van der Waals surface area contributed by atoms with Crippen molar-refractivity contribution in [3.05, 3.63) is 36.0 Å². The number of rotatable bonds is 8. The maximum atomic E-state index is 13.2. The zero-order chi connectivity index (χ0) is 27.1. The maximum Gasteiger partial charge on any atom is 0.256 e. The molecule has 2 aliphatic rings. The van der Waals surface area contributed by atoms with Gasteiger partial charge in [0.1, 0.15) is 5.82 Å². The van der Waals surface area contributed by atoms with Crippen LogP contribution in [-0.4, -0.2) is 60.2 Å². The van der Waals surface area contributed by atoms with Gasteiger partial charge in [0.25, 0.3) is 5.91 Å². The van der Waals surface area contributed by atoms with E-state index in [0.29, 0.717) is 22.9 Å². The summed E-state index contributed by atoms with van der Waals surface area (Å²) in [5.74, 6) is 0.890. The summed E-state index contributed by atoms with van der Waals surface area (Å²) in [6.45, 7) is 10.5. The molecule has 11 heteroatoms. The normalized spacial score (nSPS) is 17.5. The number of hydrogen-bond donors (Lipinski definition) is 4. The van der Waals surface area contributed by atoms with Crippen LogP contribution in [0.5, 0.6) is 0 Å². The van der Waals surface area contributed by atoms with E-state index in [-0.39, 0.29) is 17.1 Å². The zero-order valence-electron chi connectivity index (χ0n) is 22.3. The molecule has 4 N–H and O–H groups in total. The van der Waals surface area contributed by atoms with Crippen molar-refractivity contribution in [2.24, 2.45) is 5.41 Å². The predicted molar refractivity (Wildman–Crippen MR) is 144 cm³/mol. The molecular weight excluding hydrogens is 492 g/mol. The number of aliphatic hydroxyl groups excluding tert-OH is 1. The smallest absolute Gasteiger partial charge is 0.256 e. The molecule has 2 fully saturated rings. The molecule has 1 aromatic heterocycles. The van der Waals surface area contributed by atoms with Crippen LogP contribution >= 0.6 is 0 Å². The van der Waals surface area contributed by atoms with Gasteiger partial charge in [-0.15, -0.1) is 0 Å². The Hall–Kier alpha value is -2.76. The lowest BCUT2D eigenvalue weighted by molar-refractivity contribution is 0.102. The minimum atomic E-state index is -3.80. The number of benzene rings is 1. The molecule has 1 aliphatic carbocycles. The van der Waals surface area contributed by atoms with Crippen LogP contribution in [0.1, 0.15) is 70.7 Å². The van der Waals surface area contributed by atoms with E-state index >= 15 is 0 Å². The first-order chi connectivity index (χ1) is 17.2.